The van der Waals surface area contributed by atoms with Crippen molar-refractivity contribution in [1.29, 1.82) is 0 Å². The van der Waals surface area contributed by atoms with E-state index in [1.165, 1.54) is 24.3 Å². The van der Waals surface area contributed by atoms with Crippen molar-refractivity contribution < 1.29 is 23.9 Å². The van der Waals surface area contributed by atoms with Gasteiger partial charge in [-0.15, -0.1) is 0 Å². The molecule has 366 valence electrons. The lowest BCUT2D eigenvalue weighted by Gasteiger charge is -2.45. The van der Waals surface area contributed by atoms with Gasteiger partial charge in [0.25, 0.3) is 0 Å². The fourth-order valence-electron chi connectivity index (χ4n) is 9.26. The van der Waals surface area contributed by atoms with Gasteiger partial charge in [-0.3, -0.25) is 24.1 Å². The van der Waals surface area contributed by atoms with Crippen LogP contribution in [-0.4, -0.2) is 106 Å². The van der Waals surface area contributed by atoms with Gasteiger partial charge in [0.05, 0.1) is 5.60 Å². The predicted octanol–water partition coefficient (Wildman–Crippen LogP) is 11.0. The van der Waals surface area contributed by atoms with Crippen molar-refractivity contribution in [3.05, 3.63) is 0 Å². The molecule has 4 amide bonds. The van der Waals surface area contributed by atoms with Gasteiger partial charge in [0.15, 0.2) is 0 Å². The zero-order chi connectivity index (χ0) is 46.4. The molecule has 3 fully saturated rings. The second-order valence-electron chi connectivity index (χ2n) is 21.0. The zero-order valence-electron chi connectivity index (χ0n) is 41.3. The van der Waals surface area contributed by atoms with Crippen LogP contribution in [-0.2, 0) is 23.9 Å². The van der Waals surface area contributed by atoms with Crippen molar-refractivity contribution in [2.45, 2.75) is 236 Å². The number of nitrogens with one attached hydrogen (secondary N) is 4. The summed E-state index contributed by atoms with van der Waals surface area (Å²) in [5, 5.41) is 14.8. The van der Waals surface area contributed by atoms with E-state index in [0.29, 0.717) is 94.5 Å². The van der Waals surface area contributed by atoms with Gasteiger partial charge in [-0.2, -0.15) is 0 Å². The molecule has 3 aliphatic rings. The lowest BCUT2D eigenvalue weighted by atomic mass is 9.80. The van der Waals surface area contributed by atoms with Gasteiger partial charge < -0.3 is 26.0 Å². The number of carbonyl (C=O) groups is 4. The Bertz CT molecular complexity index is 1370. The number of nitrogens with zero attached hydrogens (tertiary/aromatic N) is 1. The normalized spacial score (nSPS) is 25.6. The Balaban J connectivity index is 1.79. The molecule has 0 aliphatic carbocycles. The Morgan fingerprint density at radius 2 is 1.27 bits per heavy atom. The standard InChI is InChI=1S/C49H91N5O5S4/c1-10-48(53-44(58)20-16-14-18-40-24-38-61-63-40)27-26-47(9,52-43(57)19-15-13-17-39-23-37-60-62-39)29-32-50-41(55)21-34-54(35-22-42(56)51-33-30-48)49(11-2,12-3)28-25-46(7,8)59-36-31-45(4,5)6/h39-40H,10-38H2,1-9H3,(H,50,55)(H,51,56)(H,52,57)(H,53,58). The molecular weight excluding hydrogens is 867 g/mol. The second-order valence-corrected chi connectivity index (χ2v) is 26.6. The summed E-state index contributed by atoms with van der Waals surface area (Å²) in [7, 11) is 7.91. The predicted molar refractivity (Wildman–Crippen MR) is 274 cm³/mol. The molecular formula is C49H91N5O5S4. The summed E-state index contributed by atoms with van der Waals surface area (Å²) in [4.78, 5) is 57.1. The van der Waals surface area contributed by atoms with E-state index in [1.807, 2.05) is 43.2 Å². The van der Waals surface area contributed by atoms with E-state index in [9.17, 15) is 19.2 Å². The Hall–Kier alpha value is -0.800. The lowest BCUT2D eigenvalue weighted by molar-refractivity contribution is -0.125. The summed E-state index contributed by atoms with van der Waals surface area (Å²) in [6, 6.07) is 0. The first-order valence-corrected chi connectivity index (χ1v) is 29.7. The van der Waals surface area contributed by atoms with Crippen molar-refractivity contribution in [2.75, 3.05) is 44.3 Å². The Morgan fingerprint density at radius 3 is 1.76 bits per heavy atom. The van der Waals surface area contributed by atoms with Gasteiger partial charge in [0.2, 0.25) is 23.6 Å². The summed E-state index contributed by atoms with van der Waals surface area (Å²) in [6.07, 6.45) is 18.1. The van der Waals surface area contributed by atoms with Crippen LogP contribution in [0.5, 0.6) is 0 Å². The first-order valence-electron chi connectivity index (χ1n) is 25.0. The van der Waals surface area contributed by atoms with Gasteiger partial charge in [0, 0.05) is 97.1 Å². The molecule has 4 N–H and O–H groups in total. The molecule has 3 rings (SSSR count). The Morgan fingerprint density at radius 1 is 0.730 bits per heavy atom. The molecule has 0 aromatic rings. The van der Waals surface area contributed by atoms with E-state index >= 15 is 0 Å². The number of hydrogen-bond acceptors (Lipinski definition) is 10. The third kappa shape index (κ3) is 22.2. The van der Waals surface area contributed by atoms with Crippen LogP contribution in [0.3, 0.4) is 0 Å². The summed E-state index contributed by atoms with van der Waals surface area (Å²) in [5.74, 6) is 2.53. The molecule has 0 bridgehead atoms. The number of unbranched alkanes of at least 4 members (excludes halogenated alkanes) is 2. The zero-order valence-corrected chi connectivity index (χ0v) is 44.5. The second kappa shape index (κ2) is 28.5. The van der Waals surface area contributed by atoms with Crippen molar-refractivity contribution in [1.82, 2.24) is 26.2 Å². The monoisotopic (exact) mass is 958 g/mol. The molecule has 10 nitrogen and oxygen atoms in total. The highest BCUT2D eigenvalue weighted by atomic mass is 33.1. The van der Waals surface area contributed by atoms with Crippen molar-refractivity contribution in [2.24, 2.45) is 5.41 Å². The van der Waals surface area contributed by atoms with Crippen molar-refractivity contribution >= 4 is 66.8 Å². The minimum Gasteiger partial charge on any atom is -0.376 e. The SMILES string of the molecule is CCC1(NC(=O)CCCCC2CCSS2)CCNC(=O)CCN(C(CC)(CC)CCC(C)(C)OCCC(C)(C)C)CCC(=O)NCCC(C)(NC(=O)CCCCC2CCSS2)CC1. The number of hydrogen-bond donors (Lipinski definition) is 4. The summed E-state index contributed by atoms with van der Waals surface area (Å²) >= 11 is 0. The molecule has 3 aliphatic heterocycles. The number of ether oxygens (including phenoxy) is 1. The minimum absolute atomic E-state index is 0.0117. The van der Waals surface area contributed by atoms with E-state index in [-0.39, 0.29) is 40.2 Å². The van der Waals surface area contributed by atoms with Crippen LogP contribution in [0, 0.1) is 5.41 Å². The van der Waals surface area contributed by atoms with E-state index in [1.54, 1.807) is 0 Å². The molecule has 4 unspecified atom stereocenters. The minimum atomic E-state index is -0.588. The summed E-state index contributed by atoms with van der Waals surface area (Å²) < 4.78 is 6.46. The van der Waals surface area contributed by atoms with Crippen LogP contribution < -0.4 is 21.3 Å². The maximum absolute atomic E-state index is 13.7. The number of rotatable bonds is 22. The Kier molecular flexibility index (Phi) is 25.6. The highest BCUT2D eigenvalue weighted by Gasteiger charge is 2.38. The van der Waals surface area contributed by atoms with Gasteiger partial charge >= 0.3 is 0 Å². The van der Waals surface area contributed by atoms with Gasteiger partial charge in [-0.05, 0) is 129 Å². The molecule has 0 radical (unpaired) electrons. The van der Waals surface area contributed by atoms with Gasteiger partial charge in [-0.1, -0.05) is 97.6 Å². The quantitative estimate of drug-likeness (QED) is 0.0615. The largest absolute Gasteiger partial charge is 0.376 e. The molecule has 0 spiro atoms. The van der Waals surface area contributed by atoms with Crippen LogP contribution in [0.2, 0.25) is 0 Å². The number of carbonyl (C=O) groups excluding carboxylic acids is 4. The van der Waals surface area contributed by atoms with E-state index < -0.39 is 11.1 Å². The average Bonchev–Trinajstić information content (AvgIpc) is 3.96. The highest BCUT2D eigenvalue weighted by molar-refractivity contribution is 8.77. The molecule has 3 heterocycles. The summed E-state index contributed by atoms with van der Waals surface area (Å²) in [5.41, 5.74) is -1.41. The molecule has 0 saturated carbocycles. The lowest BCUT2D eigenvalue weighted by Crippen LogP contribution is -2.53. The first-order chi connectivity index (χ1) is 29.8. The van der Waals surface area contributed by atoms with E-state index in [4.69, 9.17) is 4.74 Å². The van der Waals surface area contributed by atoms with Crippen molar-refractivity contribution in [3.63, 3.8) is 0 Å². The third-order valence-electron chi connectivity index (χ3n) is 14.2. The van der Waals surface area contributed by atoms with E-state index in [2.05, 4.69) is 88.5 Å². The maximum Gasteiger partial charge on any atom is 0.221 e. The molecule has 0 aromatic heterocycles. The fraction of sp³-hybridized carbons (Fsp3) is 0.918. The van der Waals surface area contributed by atoms with Gasteiger partial charge in [0.1, 0.15) is 0 Å². The maximum atomic E-state index is 13.7. The van der Waals surface area contributed by atoms with Gasteiger partial charge in [-0.25, -0.2) is 0 Å². The van der Waals surface area contributed by atoms with Crippen LogP contribution in [0.25, 0.3) is 0 Å². The molecule has 4 atom stereocenters. The number of amides is 4. The average molecular weight is 959 g/mol. The first kappa shape index (κ1) is 56.5. The Labute approximate surface area is 400 Å². The molecule has 14 heteroatoms. The van der Waals surface area contributed by atoms with Crippen LogP contribution >= 0.6 is 43.2 Å². The van der Waals surface area contributed by atoms with E-state index in [0.717, 1.165) is 77.2 Å². The molecule has 3 saturated heterocycles. The topological polar surface area (TPSA) is 129 Å². The molecule has 63 heavy (non-hydrogen) atoms. The summed E-state index contributed by atoms with van der Waals surface area (Å²) in [6.45, 7) is 22.5. The highest BCUT2D eigenvalue weighted by Crippen LogP contribution is 2.41. The van der Waals surface area contributed by atoms with Crippen LogP contribution in [0.15, 0.2) is 0 Å². The third-order valence-corrected chi connectivity index (χ3v) is 20.2. The molecule has 0 aromatic carbocycles. The fourth-order valence-corrected chi connectivity index (χ4v) is 15.3. The van der Waals surface area contributed by atoms with Crippen molar-refractivity contribution in [3.8, 4) is 0 Å². The smallest absolute Gasteiger partial charge is 0.221 e. The van der Waals surface area contributed by atoms with Crippen LogP contribution in [0.4, 0.5) is 0 Å². The van der Waals surface area contributed by atoms with Crippen LogP contribution in [0.1, 0.15) is 204 Å².